The van der Waals surface area contributed by atoms with Gasteiger partial charge in [0.25, 0.3) is 5.91 Å². The van der Waals surface area contributed by atoms with Crippen LogP contribution in [0, 0.1) is 0 Å². The van der Waals surface area contributed by atoms with E-state index in [9.17, 15) is 4.79 Å². The van der Waals surface area contributed by atoms with Crippen LogP contribution in [0.1, 0.15) is 37.2 Å². The zero-order chi connectivity index (χ0) is 11.5. The Labute approximate surface area is 88.1 Å². The average Bonchev–Trinajstić information content (AvgIpc) is 2.62. The Balaban J connectivity index is 2.72. The van der Waals surface area contributed by atoms with Crippen molar-refractivity contribution < 1.29 is 9.90 Å². The van der Waals surface area contributed by atoms with Gasteiger partial charge < -0.3 is 10.4 Å². The quantitative estimate of drug-likeness (QED) is 0.648. The van der Waals surface area contributed by atoms with Gasteiger partial charge in [-0.25, -0.2) is 4.98 Å². The van der Waals surface area contributed by atoms with E-state index >= 15 is 0 Å². The summed E-state index contributed by atoms with van der Waals surface area (Å²) in [6.45, 7) is 6.04. The lowest BCUT2D eigenvalue weighted by Crippen LogP contribution is -2.27. The second-order valence-electron chi connectivity index (χ2n) is 4.24. The molecule has 0 aliphatic heterocycles. The van der Waals surface area contributed by atoms with Crippen molar-refractivity contribution in [1.29, 1.82) is 0 Å². The number of hydrogen-bond acceptors (Lipinski definition) is 4. The first kappa shape index (κ1) is 11.6. The molecule has 0 saturated heterocycles. The van der Waals surface area contributed by atoms with Crippen molar-refractivity contribution in [3.05, 3.63) is 11.6 Å². The minimum absolute atomic E-state index is 0.0949. The number of aliphatic hydroxyl groups is 1. The predicted octanol–water partition coefficient (Wildman–Crippen LogP) is -0.176. The Morgan fingerprint density at radius 1 is 1.53 bits per heavy atom. The van der Waals surface area contributed by atoms with Gasteiger partial charge in [0.05, 0.1) is 6.61 Å². The highest BCUT2D eigenvalue weighted by atomic mass is 16.3. The largest absolute Gasteiger partial charge is 0.395 e. The Hall–Kier alpha value is -1.43. The second-order valence-corrected chi connectivity index (χ2v) is 4.24. The topological polar surface area (TPSA) is 90.9 Å². The zero-order valence-electron chi connectivity index (χ0n) is 9.16. The first-order valence-electron chi connectivity index (χ1n) is 4.77. The molecule has 84 valence electrons. The summed E-state index contributed by atoms with van der Waals surface area (Å²) in [7, 11) is 0. The molecule has 6 nitrogen and oxygen atoms in total. The van der Waals surface area contributed by atoms with Gasteiger partial charge in [0, 0.05) is 12.0 Å². The van der Waals surface area contributed by atoms with Crippen LogP contribution in [0.25, 0.3) is 0 Å². The Bertz CT molecular complexity index is 340. The number of aromatic nitrogens is 3. The maximum absolute atomic E-state index is 11.4. The van der Waals surface area contributed by atoms with Gasteiger partial charge in [0.1, 0.15) is 5.82 Å². The van der Waals surface area contributed by atoms with Crippen molar-refractivity contribution in [2.24, 2.45) is 0 Å². The third kappa shape index (κ3) is 3.02. The minimum atomic E-state index is -0.379. The molecule has 3 N–H and O–H groups in total. The van der Waals surface area contributed by atoms with Gasteiger partial charge in [0.2, 0.25) is 5.82 Å². The number of nitrogens with one attached hydrogen (secondary N) is 2. The first-order chi connectivity index (χ1) is 6.95. The predicted molar refractivity (Wildman–Crippen MR) is 54.5 cm³/mol. The molecule has 1 heterocycles. The number of hydrogen-bond donors (Lipinski definition) is 3. The summed E-state index contributed by atoms with van der Waals surface area (Å²) in [4.78, 5) is 15.5. The summed E-state index contributed by atoms with van der Waals surface area (Å²) in [6.07, 6.45) is 0. The standard InChI is InChI=1S/C9H16N4O2/c1-9(2,3)8-11-6(12-13-8)7(15)10-4-5-14/h14H,4-5H2,1-3H3,(H,10,15)(H,11,12,13). The number of aliphatic hydroxyl groups excluding tert-OH is 1. The number of nitrogens with zero attached hydrogens (tertiary/aromatic N) is 2. The summed E-state index contributed by atoms with van der Waals surface area (Å²) in [6, 6.07) is 0. The monoisotopic (exact) mass is 212 g/mol. The van der Waals surface area contributed by atoms with E-state index < -0.39 is 0 Å². The highest BCUT2D eigenvalue weighted by molar-refractivity contribution is 5.90. The molecule has 1 rings (SSSR count). The van der Waals surface area contributed by atoms with Crippen molar-refractivity contribution in [3.8, 4) is 0 Å². The molecule has 0 spiro atoms. The normalized spacial score (nSPS) is 11.5. The zero-order valence-corrected chi connectivity index (χ0v) is 9.16. The van der Waals surface area contributed by atoms with E-state index in [4.69, 9.17) is 5.11 Å². The lowest BCUT2D eigenvalue weighted by molar-refractivity contribution is 0.0934. The average molecular weight is 212 g/mol. The first-order valence-corrected chi connectivity index (χ1v) is 4.77. The van der Waals surface area contributed by atoms with Crippen molar-refractivity contribution >= 4 is 5.91 Å². The van der Waals surface area contributed by atoms with E-state index in [0.717, 1.165) is 0 Å². The molecule has 0 saturated carbocycles. The Morgan fingerprint density at radius 2 is 2.20 bits per heavy atom. The molecule has 0 aromatic carbocycles. The molecular formula is C9H16N4O2. The van der Waals surface area contributed by atoms with E-state index in [1.165, 1.54) is 0 Å². The highest BCUT2D eigenvalue weighted by Gasteiger charge is 2.20. The fourth-order valence-electron chi connectivity index (χ4n) is 0.947. The van der Waals surface area contributed by atoms with E-state index in [-0.39, 0.29) is 30.3 Å². The second kappa shape index (κ2) is 4.39. The van der Waals surface area contributed by atoms with Gasteiger partial charge in [0.15, 0.2) is 0 Å². The molecular weight excluding hydrogens is 196 g/mol. The molecule has 0 aliphatic carbocycles. The van der Waals surface area contributed by atoms with Crippen LogP contribution in [-0.2, 0) is 5.41 Å². The highest BCUT2D eigenvalue weighted by Crippen LogP contribution is 2.17. The summed E-state index contributed by atoms with van der Waals surface area (Å²) in [5, 5.41) is 17.5. The molecule has 1 aromatic rings. The number of amides is 1. The third-order valence-electron chi connectivity index (χ3n) is 1.80. The maximum atomic E-state index is 11.4. The Kier molecular flexibility index (Phi) is 3.41. The van der Waals surface area contributed by atoms with Gasteiger partial charge in [-0.05, 0) is 0 Å². The van der Waals surface area contributed by atoms with Crippen molar-refractivity contribution in [3.63, 3.8) is 0 Å². The lowest BCUT2D eigenvalue weighted by atomic mass is 9.96. The number of carbonyl (C=O) groups excluding carboxylic acids is 1. The van der Waals surface area contributed by atoms with Crippen molar-refractivity contribution in [2.45, 2.75) is 26.2 Å². The smallest absolute Gasteiger partial charge is 0.291 e. The van der Waals surface area contributed by atoms with E-state index in [1.807, 2.05) is 20.8 Å². The van der Waals surface area contributed by atoms with Crippen LogP contribution >= 0.6 is 0 Å². The van der Waals surface area contributed by atoms with Crippen LogP contribution in [0.2, 0.25) is 0 Å². The van der Waals surface area contributed by atoms with E-state index in [1.54, 1.807) is 0 Å². The van der Waals surface area contributed by atoms with Crippen LogP contribution in [-0.4, -0.2) is 39.3 Å². The fraction of sp³-hybridized carbons (Fsp3) is 0.667. The van der Waals surface area contributed by atoms with E-state index in [2.05, 4.69) is 20.5 Å². The van der Waals surface area contributed by atoms with Gasteiger partial charge in [-0.1, -0.05) is 20.8 Å². The van der Waals surface area contributed by atoms with Gasteiger partial charge in [-0.15, -0.1) is 5.10 Å². The molecule has 1 amide bonds. The molecule has 0 radical (unpaired) electrons. The summed E-state index contributed by atoms with van der Waals surface area (Å²) in [5.74, 6) is 0.390. The Morgan fingerprint density at radius 3 is 2.67 bits per heavy atom. The number of rotatable bonds is 3. The van der Waals surface area contributed by atoms with Crippen LogP contribution in [0.4, 0.5) is 0 Å². The summed E-state index contributed by atoms with van der Waals surface area (Å²) >= 11 is 0. The summed E-state index contributed by atoms with van der Waals surface area (Å²) in [5.41, 5.74) is -0.164. The minimum Gasteiger partial charge on any atom is -0.395 e. The maximum Gasteiger partial charge on any atom is 0.291 e. The third-order valence-corrected chi connectivity index (χ3v) is 1.80. The number of H-pyrrole nitrogens is 1. The van der Waals surface area contributed by atoms with Gasteiger partial charge in [-0.3, -0.25) is 9.89 Å². The van der Waals surface area contributed by atoms with Crippen LogP contribution in [0.3, 0.4) is 0 Å². The van der Waals surface area contributed by atoms with Gasteiger partial charge in [-0.2, -0.15) is 0 Å². The number of aromatic amines is 1. The molecule has 1 aromatic heterocycles. The van der Waals surface area contributed by atoms with E-state index in [0.29, 0.717) is 5.82 Å². The molecule has 0 atom stereocenters. The lowest BCUT2D eigenvalue weighted by Gasteiger charge is -2.12. The molecule has 0 fully saturated rings. The van der Waals surface area contributed by atoms with Crippen LogP contribution in [0.15, 0.2) is 0 Å². The fourth-order valence-corrected chi connectivity index (χ4v) is 0.947. The molecule has 0 bridgehead atoms. The SMILES string of the molecule is CC(C)(C)c1nc(C(=O)NCCO)n[nH]1. The number of carbonyl (C=O) groups is 1. The molecule has 15 heavy (non-hydrogen) atoms. The van der Waals surface area contributed by atoms with Crippen LogP contribution in [0.5, 0.6) is 0 Å². The molecule has 0 aliphatic rings. The molecule has 0 unspecified atom stereocenters. The molecule has 6 heteroatoms. The van der Waals surface area contributed by atoms with Crippen molar-refractivity contribution in [2.75, 3.05) is 13.2 Å². The van der Waals surface area contributed by atoms with Crippen molar-refractivity contribution in [1.82, 2.24) is 20.5 Å². The van der Waals surface area contributed by atoms with Gasteiger partial charge >= 0.3 is 0 Å². The van der Waals surface area contributed by atoms with Crippen LogP contribution < -0.4 is 5.32 Å². The summed E-state index contributed by atoms with van der Waals surface area (Å²) < 4.78 is 0.